The van der Waals surface area contributed by atoms with Crippen LogP contribution in [0.3, 0.4) is 0 Å². The number of hydrogen-bond acceptors (Lipinski definition) is 3. The molecule has 114 valence electrons. The van der Waals surface area contributed by atoms with E-state index >= 15 is 0 Å². The van der Waals surface area contributed by atoms with Gasteiger partial charge in [-0.25, -0.2) is 4.79 Å². The van der Waals surface area contributed by atoms with E-state index in [0.29, 0.717) is 23.8 Å². The third-order valence-corrected chi connectivity index (χ3v) is 5.84. The SMILES string of the molecule is O=C(O)c1cc2c(s1)CCN(C(=O)CC1CCCCC1)C2. The fourth-order valence-corrected chi connectivity index (χ4v) is 4.42. The Labute approximate surface area is 128 Å². The lowest BCUT2D eigenvalue weighted by Gasteiger charge is -2.29. The summed E-state index contributed by atoms with van der Waals surface area (Å²) in [5.74, 6) is -0.0604. The first-order chi connectivity index (χ1) is 10.1. The third-order valence-electron chi connectivity index (χ3n) is 4.62. The van der Waals surface area contributed by atoms with E-state index in [4.69, 9.17) is 5.11 Å². The Kier molecular flexibility index (Phi) is 4.29. The van der Waals surface area contributed by atoms with Crippen molar-refractivity contribution in [2.24, 2.45) is 5.92 Å². The Morgan fingerprint density at radius 3 is 2.76 bits per heavy atom. The van der Waals surface area contributed by atoms with E-state index in [-0.39, 0.29) is 5.91 Å². The van der Waals surface area contributed by atoms with Gasteiger partial charge in [0.25, 0.3) is 0 Å². The maximum absolute atomic E-state index is 12.4. The molecule has 1 fully saturated rings. The summed E-state index contributed by atoms with van der Waals surface area (Å²) in [5, 5.41) is 9.06. The van der Waals surface area contributed by atoms with Crippen molar-refractivity contribution < 1.29 is 14.7 Å². The highest BCUT2D eigenvalue weighted by atomic mass is 32.1. The maximum atomic E-state index is 12.4. The molecule has 1 aromatic rings. The molecule has 21 heavy (non-hydrogen) atoms. The zero-order valence-electron chi connectivity index (χ0n) is 12.1. The number of hydrogen-bond donors (Lipinski definition) is 1. The number of nitrogens with zero attached hydrogens (tertiary/aromatic N) is 1. The van der Waals surface area contributed by atoms with Gasteiger partial charge in [0.2, 0.25) is 5.91 Å². The summed E-state index contributed by atoms with van der Waals surface area (Å²) >= 11 is 1.36. The molecule has 5 heteroatoms. The van der Waals surface area contributed by atoms with Gasteiger partial charge in [0.05, 0.1) is 0 Å². The number of carboxylic acids is 1. The normalized spacial score (nSPS) is 19.3. The lowest BCUT2D eigenvalue weighted by Crippen LogP contribution is -2.36. The fourth-order valence-electron chi connectivity index (χ4n) is 3.42. The molecule has 0 aromatic carbocycles. The molecule has 1 N–H and O–H groups in total. The van der Waals surface area contributed by atoms with E-state index < -0.39 is 5.97 Å². The average Bonchev–Trinajstić information content (AvgIpc) is 2.91. The molecule has 4 nitrogen and oxygen atoms in total. The molecule has 1 aliphatic carbocycles. The number of thiophene rings is 1. The molecule has 0 unspecified atom stereocenters. The molecular formula is C16H21NO3S. The van der Waals surface area contributed by atoms with Gasteiger partial charge in [0, 0.05) is 24.4 Å². The highest BCUT2D eigenvalue weighted by Gasteiger charge is 2.26. The van der Waals surface area contributed by atoms with Crippen molar-refractivity contribution >= 4 is 23.2 Å². The smallest absolute Gasteiger partial charge is 0.345 e. The number of amides is 1. The molecule has 2 heterocycles. The first-order valence-corrected chi connectivity index (χ1v) is 8.58. The second kappa shape index (κ2) is 6.18. The van der Waals surface area contributed by atoms with Crippen LogP contribution in [0.15, 0.2) is 6.07 Å². The van der Waals surface area contributed by atoms with Gasteiger partial charge in [-0.1, -0.05) is 19.3 Å². The van der Waals surface area contributed by atoms with E-state index in [0.717, 1.165) is 23.4 Å². The molecule has 0 spiro atoms. The zero-order chi connectivity index (χ0) is 14.8. The highest BCUT2D eigenvalue weighted by Crippen LogP contribution is 2.30. The van der Waals surface area contributed by atoms with Crippen LogP contribution in [0.2, 0.25) is 0 Å². The average molecular weight is 307 g/mol. The Hall–Kier alpha value is -1.36. The van der Waals surface area contributed by atoms with Crippen LogP contribution in [0.25, 0.3) is 0 Å². The highest BCUT2D eigenvalue weighted by molar-refractivity contribution is 7.14. The first kappa shape index (κ1) is 14.6. The second-order valence-electron chi connectivity index (χ2n) is 6.14. The van der Waals surface area contributed by atoms with Crippen LogP contribution in [-0.4, -0.2) is 28.4 Å². The summed E-state index contributed by atoms with van der Waals surface area (Å²) in [7, 11) is 0. The van der Waals surface area contributed by atoms with E-state index in [1.165, 1.54) is 43.4 Å². The monoisotopic (exact) mass is 307 g/mol. The minimum absolute atomic E-state index is 0.246. The van der Waals surface area contributed by atoms with Crippen molar-refractivity contribution in [2.75, 3.05) is 6.54 Å². The van der Waals surface area contributed by atoms with Gasteiger partial charge in [0.1, 0.15) is 4.88 Å². The number of rotatable bonds is 3. The standard InChI is InChI=1S/C16H21NO3S/c18-15(8-11-4-2-1-3-5-11)17-7-6-13-12(10-17)9-14(21-13)16(19)20/h9,11H,1-8,10H2,(H,19,20). The van der Waals surface area contributed by atoms with E-state index in [1.54, 1.807) is 6.07 Å². The molecule has 1 saturated carbocycles. The van der Waals surface area contributed by atoms with Crippen LogP contribution >= 0.6 is 11.3 Å². The summed E-state index contributed by atoms with van der Waals surface area (Å²) < 4.78 is 0. The Morgan fingerprint density at radius 1 is 1.29 bits per heavy atom. The van der Waals surface area contributed by atoms with Crippen molar-refractivity contribution in [1.29, 1.82) is 0 Å². The predicted octanol–water partition coefficient (Wildman–Crippen LogP) is 3.30. The van der Waals surface area contributed by atoms with Crippen LogP contribution in [0.5, 0.6) is 0 Å². The van der Waals surface area contributed by atoms with Gasteiger partial charge in [-0.3, -0.25) is 4.79 Å². The Balaban J connectivity index is 1.62. The van der Waals surface area contributed by atoms with Gasteiger partial charge < -0.3 is 10.0 Å². The van der Waals surface area contributed by atoms with E-state index in [1.807, 2.05) is 4.90 Å². The van der Waals surface area contributed by atoms with Crippen LogP contribution in [0.4, 0.5) is 0 Å². The topological polar surface area (TPSA) is 57.6 Å². The molecule has 2 aliphatic rings. The summed E-state index contributed by atoms with van der Waals surface area (Å²) in [4.78, 5) is 26.9. The fraction of sp³-hybridized carbons (Fsp3) is 0.625. The number of fused-ring (bicyclic) bond motifs is 1. The number of aromatic carboxylic acids is 1. The number of carbonyl (C=O) groups is 2. The Morgan fingerprint density at radius 2 is 2.05 bits per heavy atom. The molecule has 0 atom stereocenters. The minimum atomic E-state index is -0.866. The molecular weight excluding hydrogens is 286 g/mol. The summed E-state index contributed by atoms with van der Waals surface area (Å²) in [6, 6.07) is 1.74. The maximum Gasteiger partial charge on any atom is 0.345 e. The molecule has 3 rings (SSSR count). The first-order valence-electron chi connectivity index (χ1n) is 7.76. The molecule has 1 aliphatic heterocycles. The van der Waals surface area contributed by atoms with Gasteiger partial charge >= 0.3 is 5.97 Å². The van der Waals surface area contributed by atoms with Crippen molar-refractivity contribution in [1.82, 2.24) is 4.90 Å². The molecule has 0 radical (unpaired) electrons. The quantitative estimate of drug-likeness (QED) is 0.932. The lowest BCUT2D eigenvalue weighted by atomic mass is 9.86. The summed E-state index contributed by atoms with van der Waals surface area (Å²) in [5.41, 5.74) is 1.03. The van der Waals surface area contributed by atoms with E-state index in [9.17, 15) is 9.59 Å². The summed E-state index contributed by atoms with van der Waals surface area (Å²) in [6.07, 6.45) is 7.67. The number of carbonyl (C=O) groups excluding carboxylic acids is 1. The van der Waals surface area contributed by atoms with Crippen LogP contribution in [0.1, 0.15) is 58.6 Å². The van der Waals surface area contributed by atoms with Crippen LogP contribution in [0, 0.1) is 5.92 Å². The van der Waals surface area contributed by atoms with Crippen LogP contribution in [-0.2, 0) is 17.8 Å². The molecule has 1 amide bonds. The summed E-state index contributed by atoms with van der Waals surface area (Å²) in [6.45, 7) is 1.32. The number of carboxylic acid groups (broad SMARTS) is 1. The van der Waals surface area contributed by atoms with Crippen molar-refractivity contribution in [3.8, 4) is 0 Å². The zero-order valence-corrected chi connectivity index (χ0v) is 13.0. The van der Waals surface area contributed by atoms with Gasteiger partial charge in [-0.15, -0.1) is 11.3 Å². The Bertz CT molecular complexity index is 546. The molecule has 1 aromatic heterocycles. The molecule has 0 bridgehead atoms. The van der Waals surface area contributed by atoms with Gasteiger partial charge in [-0.05, 0) is 36.8 Å². The van der Waals surface area contributed by atoms with Gasteiger partial charge in [-0.2, -0.15) is 0 Å². The minimum Gasteiger partial charge on any atom is -0.477 e. The molecule has 0 saturated heterocycles. The lowest BCUT2D eigenvalue weighted by molar-refractivity contribution is -0.133. The second-order valence-corrected chi connectivity index (χ2v) is 7.27. The van der Waals surface area contributed by atoms with Crippen molar-refractivity contribution in [2.45, 2.75) is 51.5 Å². The van der Waals surface area contributed by atoms with Crippen molar-refractivity contribution in [3.05, 3.63) is 21.4 Å². The third kappa shape index (κ3) is 3.28. The largest absolute Gasteiger partial charge is 0.477 e. The van der Waals surface area contributed by atoms with Gasteiger partial charge in [0.15, 0.2) is 0 Å². The van der Waals surface area contributed by atoms with Crippen LogP contribution < -0.4 is 0 Å². The van der Waals surface area contributed by atoms with Crippen molar-refractivity contribution in [3.63, 3.8) is 0 Å². The predicted molar refractivity (Wildman–Crippen MR) is 81.6 cm³/mol. The van der Waals surface area contributed by atoms with E-state index in [2.05, 4.69) is 0 Å².